The minimum Gasteiger partial charge on any atom is -0.233 e. The van der Waals surface area contributed by atoms with Crippen LogP contribution in [0.5, 0.6) is 0 Å². The van der Waals surface area contributed by atoms with E-state index in [4.69, 9.17) is 9.78 Å². The number of rotatable bonds is 9. The Kier molecular flexibility index (Phi) is 8.24. The van der Waals surface area contributed by atoms with Crippen LogP contribution in [0.15, 0.2) is 0 Å². The van der Waals surface area contributed by atoms with E-state index in [9.17, 15) is 0 Å². The van der Waals surface area contributed by atoms with Gasteiger partial charge in [0.25, 0.3) is 0 Å². The molecule has 2 nitrogen and oxygen atoms in total. The van der Waals surface area contributed by atoms with E-state index in [1.165, 1.54) is 96.3 Å². The van der Waals surface area contributed by atoms with Gasteiger partial charge in [0.1, 0.15) is 5.60 Å². The summed E-state index contributed by atoms with van der Waals surface area (Å²) in [6.07, 6.45) is 19.7. The van der Waals surface area contributed by atoms with E-state index in [-0.39, 0.29) is 5.60 Å². The second-order valence-electron chi connectivity index (χ2n) is 7.69. The standard InChI is InChI=1S/C20H38O2/c1-3-5-12-18-13-10-11-17-20(18,16-6-4-2)22-21-19-14-8-7-9-15-19/h18-19H,3-17H2,1-2H3. The molecule has 2 rings (SSSR count). The quantitative estimate of drug-likeness (QED) is 0.354. The molecular weight excluding hydrogens is 272 g/mol. The van der Waals surface area contributed by atoms with Crippen LogP contribution < -0.4 is 0 Å². The SMILES string of the molecule is CCCCC1CCCCC1(CCCC)OOC1CCCCC1. The van der Waals surface area contributed by atoms with Crippen molar-refractivity contribution >= 4 is 0 Å². The minimum atomic E-state index is 0.0286. The Balaban J connectivity index is 1.96. The van der Waals surface area contributed by atoms with Gasteiger partial charge in [-0.15, -0.1) is 0 Å². The highest BCUT2D eigenvalue weighted by Gasteiger charge is 2.42. The highest BCUT2D eigenvalue weighted by molar-refractivity contribution is 4.91. The smallest absolute Gasteiger partial charge is 0.106 e. The molecule has 0 aromatic heterocycles. The lowest BCUT2D eigenvalue weighted by Crippen LogP contribution is -2.44. The number of unbranched alkanes of at least 4 members (excludes halogenated alkanes) is 2. The third-order valence-corrected chi connectivity index (χ3v) is 5.91. The first-order valence-corrected chi connectivity index (χ1v) is 10.1. The molecule has 0 saturated heterocycles. The molecule has 0 N–H and O–H groups in total. The Morgan fingerprint density at radius 2 is 1.59 bits per heavy atom. The van der Waals surface area contributed by atoms with E-state index < -0.39 is 0 Å². The summed E-state index contributed by atoms with van der Waals surface area (Å²) in [4.78, 5) is 12.4. The summed E-state index contributed by atoms with van der Waals surface area (Å²) in [7, 11) is 0. The molecule has 0 amide bonds. The Hall–Kier alpha value is -0.0800. The van der Waals surface area contributed by atoms with Crippen LogP contribution in [-0.2, 0) is 9.78 Å². The van der Waals surface area contributed by atoms with Gasteiger partial charge in [-0.2, -0.15) is 0 Å². The van der Waals surface area contributed by atoms with Crippen molar-refractivity contribution in [2.75, 3.05) is 0 Å². The van der Waals surface area contributed by atoms with Crippen molar-refractivity contribution in [2.24, 2.45) is 5.92 Å². The monoisotopic (exact) mass is 310 g/mol. The van der Waals surface area contributed by atoms with Gasteiger partial charge < -0.3 is 0 Å². The van der Waals surface area contributed by atoms with E-state index in [1.54, 1.807) is 0 Å². The molecule has 0 aromatic carbocycles. The normalized spacial score (nSPS) is 30.5. The zero-order valence-electron chi connectivity index (χ0n) is 15.1. The van der Waals surface area contributed by atoms with Gasteiger partial charge in [0.05, 0.1) is 6.10 Å². The third-order valence-electron chi connectivity index (χ3n) is 5.91. The van der Waals surface area contributed by atoms with Gasteiger partial charge in [-0.25, -0.2) is 9.78 Å². The number of hydrogen-bond acceptors (Lipinski definition) is 2. The lowest BCUT2D eigenvalue weighted by atomic mass is 9.71. The van der Waals surface area contributed by atoms with Crippen LogP contribution in [-0.4, -0.2) is 11.7 Å². The summed E-state index contributed by atoms with van der Waals surface area (Å²) in [5.74, 6) is 0.719. The fourth-order valence-electron chi connectivity index (χ4n) is 4.42. The van der Waals surface area contributed by atoms with Gasteiger partial charge in [0.2, 0.25) is 0 Å². The van der Waals surface area contributed by atoms with Crippen LogP contribution in [0.1, 0.15) is 110 Å². The van der Waals surface area contributed by atoms with Gasteiger partial charge in [-0.05, 0) is 44.4 Å². The first-order chi connectivity index (χ1) is 10.8. The summed E-state index contributed by atoms with van der Waals surface area (Å²) < 4.78 is 0. The summed E-state index contributed by atoms with van der Waals surface area (Å²) in [5, 5.41) is 0. The van der Waals surface area contributed by atoms with Crippen molar-refractivity contribution < 1.29 is 9.78 Å². The van der Waals surface area contributed by atoms with Gasteiger partial charge in [-0.1, -0.05) is 71.6 Å². The van der Waals surface area contributed by atoms with Crippen molar-refractivity contribution in [2.45, 2.75) is 122 Å². The zero-order valence-corrected chi connectivity index (χ0v) is 15.1. The van der Waals surface area contributed by atoms with Crippen molar-refractivity contribution in [3.8, 4) is 0 Å². The van der Waals surface area contributed by atoms with E-state index >= 15 is 0 Å². The van der Waals surface area contributed by atoms with Crippen LogP contribution in [0, 0.1) is 5.92 Å². The maximum Gasteiger partial charge on any atom is 0.106 e. The highest BCUT2D eigenvalue weighted by Crippen LogP contribution is 2.43. The maximum atomic E-state index is 6.32. The molecule has 0 bridgehead atoms. The molecule has 2 heteroatoms. The molecule has 2 aliphatic carbocycles. The van der Waals surface area contributed by atoms with Gasteiger partial charge >= 0.3 is 0 Å². The van der Waals surface area contributed by atoms with Crippen LogP contribution in [0.4, 0.5) is 0 Å². The summed E-state index contributed by atoms with van der Waals surface area (Å²) >= 11 is 0. The summed E-state index contributed by atoms with van der Waals surface area (Å²) in [6.45, 7) is 4.59. The topological polar surface area (TPSA) is 18.5 Å². The third kappa shape index (κ3) is 5.23. The lowest BCUT2D eigenvalue weighted by Gasteiger charge is -2.44. The number of hydrogen-bond donors (Lipinski definition) is 0. The largest absolute Gasteiger partial charge is 0.233 e. The molecule has 0 aliphatic heterocycles. The van der Waals surface area contributed by atoms with E-state index in [0.717, 1.165) is 5.92 Å². The molecule has 0 spiro atoms. The van der Waals surface area contributed by atoms with Gasteiger partial charge in [-0.3, -0.25) is 0 Å². The second-order valence-corrected chi connectivity index (χ2v) is 7.69. The molecule has 2 atom stereocenters. The molecular formula is C20H38O2. The summed E-state index contributed by atoms with van der Waals surface area (Å²) in [6, 6.07) is 0. The van der Waals surface area contributed by atoms with E-state index in [1.807, 2.05) is 0 Å². The van der Waals surface area contributed by atoms with E-state index in [0.29, 0.717) is 6.10 Å². The molecule has 0 heterocycles. The fourth-order valence-corrected chi connectivity index (χ4v) is 4.42. The molecule has 2 aliphatic rings. The Morgan fingerprint density at radius 1 is 0.864 bits per heavy atom. The molecule has 22 heavy (non-hydrogen) atoms. The molecule has 2 fully saturated rings. The predicted octanol–water partition coefficient (Wildman–Crippen LogP) is 6.58. The van der Waals surface area contributed by atoms with Crippen LogP contribution >= 0.6 is 0 Å². The van der Waals surface area contributed by atoms with Gasteiger partial charge in [0, 0.05) is 0 Å². The predicted molar refractivity (Wildman–Crippen MR) is 92.8 cm³/mol. The first-order valence-electron chi connectivity index (χ1n) is 10.1. The van der Waals surface area contributed by atoms with Crippen LogP contribution in [0.2, 0.25) is 0 Å². The Bertz CT molecular complexity index is 285. The van der Waals surface area contributed by atoms with Crippen LogP contribution in [0.3, 0.4) is 0 Å². The van der Waals surface area contributed by atoms with Crippen LogP contribution in [0.25, 0.3) is 0 Å². The average Bonchev–Trinajstić information content (AvgIpc) is 2.58. The average molecular weight is 311 g/mol. The second kappa shape index (κ2) is 9.93. The van der Waals surface area contributed by atoms with E-state index in [2.05, 4.69) is 13.8 Å². The molecule has 130 valence electrons. The minimum absolute atomic E-state index is 0.0286. The molecule has 2 saturated carbocycles. The molecule has 2 unspecified atom stereocenters. The van der Waals surface area contributed by atoms with Crippen molar-refractivity contribution in [3.05, 3.63) is 0 Å². The maximum absolute atomic E-state index is 6.32. The van der Waals surface area contributed by atoms with Crippen molar-refractivity contribution in [1.29, 1.82) is 0 Å². The zero-order chi connectivity index (χ0) is 15.7. The van der Waals surface area contributed by atoms with Crippen molar-refractivity contribution in [1.82, 2.24) is 0 Å². The van der Waals surface area contributed by atoms with Crippen molar-refractivity contribution in [3.63, 3.8) is 0 Å². The lowest BCUT2D eigenvalue weighted by molar-refractivity contribution is -0.404. The summed E-state index contributed by atoms with van der Waals surface area (Å²) in [5.41, 5.74) is 0.0286. The van der Waals surface area contributed by atoms with Gasteiger partial charge in [0.15, 0.2) is 0 Å². The fraction of sp³-hybridized carbons (Fsp3) is 1.00. The Morgan fingerprint density at radius 3 is 2.32 bits per heavy atom. The molecule has 0 radical (unpaired) electrons. The highest BCUT2D eigenvalue weighted by atomic mass is 17.2. The Labute approximate surface area is 138 Å². The first kappa shape index (κ1) is 18.3. The molecule has 0 aromatic rings.